The van der Waals surface area contributed by atoms with Crippen molar-refractivity contribution in [3.63, 3.8) is 0 Å². The van der Waals surface area contributed by atoms with Crippen LogP contribution < -0.4 is 4.74 Å². The molecule has 2 heterocycles. The number of carboxylic acid groups (broad SMARTS) is 1. The molecule has 1 atom stereocenters. The SMILES string of the molecule is COc1ccc2c(c1)c(C(C(=O)O)N1CCOCC1)c(C)n2Cc1ccc(Cl)cc1. The third-order valence-electron chi connectivity index (χ3n) is 5.75. The number of aromatic nitrogens is 1. The van der Waals surface area contributed by atoms with Crippen molar-refractivity contribution in [1.29, 1.82) is 0 Å². The maximum absolute atomic E-state index is 12.4. The summed E-state index contributed by atoms with van der Waals surface area (Å²) in [5.74, 6) is -0.146. The maximum Gasteiger partial charge on any atom is 0.325 e. The van der Waals surface area contributed by atoms with Gasteiger partial charge in [-0.2, -0.15) is 0 Å². The molecule has 1 fully saturated rings. The summed E-state index contributed by atoms with van der Waals surface area (Å²) in [6.07, 6.45) is 0. The van der Waals surface area contributed by atoms with Crippen LogP contribution >= 0.6 is 11.6 Å². The Bertz CT molecular complexity index is 1060. The number of aliphatic carboxylic acids is 1. The van der Waals surface area contributed by atoms with Crippen molar-refractivity contribution in [2.24, 2.45) is 0 Å². The number of rotatable bonds is 6. The third-order valence-corrected chi connectivity index (χ3v) is 6.00. The second-order valence-corrected chi connectivity index (χ2v) is 7.92. The molecule has 3 aromatic rings. The van der Waals surface area contributed by atoms with E-state index in [4.69, 9.17) is 21.1 Å². The number of benzene rings is 2. The van der Waals surface area contributed by atoms with E-state index in [1.165, 1.54) is 0 Å². The van der Waals surface area contributed by atoms with E-state index in [0.717, 1.165) is 27.7 Å². The van der Waals surface area contributed by atoms with Crippen molar-refractivity contribution in [2.45, 2.75) is 19.5 Å². The zero-order valence-electron chi connectivity index (χ0n) is 17.1. The van der Waals surface area contributed by atoms with Gasteiger partial charge < -0.3 is 19.1 Å². The summed E-state index contributed by atoms with van der Waals surface area (Å²) in [6.45, 7) is 4.87. The smallest absolute Gasteiger partial charge is 0.325 e. The minimum absolute atomic E-state index is 0.537. The number of carbonyl (C=O) groups is 1. The van der Waals surface area contributed by atoms with Crippen molar-refractivity contribution in [1.82, 2.24) is 9.47 Å². The summed E-state index contributed by atoms with van der Waals surface area (Å²) in [5, 5.41) is 11.8. The minimum Gasteiger partial charge on any atom is -0.497 e. The summed E-state index contributed by atoms with van der Waals surface area (Å²) < 4.78 is 13.1. The molecule has 0 amide bonds. The van der Waals surface area contributed by atoms with Crippen molar-refractivity contribution in [3.8, 4) is 5.75 Å². The fourth-order valence-electron chi connectivity index (χ4n) is 4.23. The predicted octanol–water partition coefficient (Wildman–Crippen LogP) is 4.12. The standard InChI is InChI=1S/C23H25ClN2O4/c1-15-21(22(23(27)28)25-9-11-30-12-10-25)19-13-18(29-2)7-8-20(19)26(15)14-16-3-5-17(24)6-4-16/h3-8,13,22H,9-12,14H2,1-2H3,(H,27,28). The molecule has 0 radical (unpaired) electrons. The van der Waals surface area contributed by atoms with Crippen LogP contribution in [0.5, 0.6) is 5.75 Å². The highest BCUT2D eigenvalue weighted by Gasteiger charge is 2.33. The molecule has 1 N–H and O–H groups in total. The van der Waals surface area contributed by atoms with Gasteiger partial charge in [-0.25, -0.2) is 0 Å². The molecule has 0 aliphatic carbocycles. The highest BCUT2D eigenvalue weighted by molar-refractivity contribution is 6.30. The Balaban J connectivity index is 1.87. The van der Waals surface area contributed by atoms with Crippen LogP contribution in [-0.2, 0) is 16.1 Å². The number of methoxy groups -OCH3 is 1. The van der Waals surface area contributed by atoms with E-state index < -0.39 is 12.0 Å². The molecule has 0 saturated carbocycles. The van der Waals surface area contributed by atoms with E-state index in [1.54, 1.807) is 7.11 Å². The lowest BCUT2D eigenvalue weighted by Gasteiger charge is -2.32. The fourth-order valence-corrected chi connectivity index (χ4v) is 4.36. The van der Waals surface area contributed by atoms with Gasteiger partial charge in [0.15, 0.2) is 0 Å². The molecule has 0 bridgehead atoms. The van der Waals surface area contributed by atoms with Crippen molar-refractivity contribution in [3.05, 3.63) is 64.3 Å². The number of hydrogen-bond donors (Lipinski definition) is 1. The van der Waals surface area contributed by atoms with Crippen molar-refractivity contribution in [2.75, 3.05) is 33.4 Å². The highest BCUT2D eigenvalue weighted by Crippen LogP contribution is 2.37. The molecular formula is C23H25ClN2O4. The first-order valence-electron chi connectivity index (χ1n) is 9.95. The second-order valence-electron chi connectivity index (χ2n) is 7.48. The Morgan fingerprint density at radius 2 is 1.90 bits per heavy atom. The number of ether oxygens (including phenoxy) is 2. The van der Waals surface area contributed by atoms with Gasteiger partial charge >= 0.3 is 5.97 Å². The molecule has 158 valence electrons. The molecule has 4 rings (SSSR count). The summed E-state index contributed by atoms with van der Waals surface area (Å²) in [4.78, 5) is 14.4. The molecule has 1 aromatic heterocycles. The number of fused-ring (bicyclic) bond motifs is 1. The van der Waals surface area contributed by atoms with Gasteiger partial charge in [-0.3, -0.25) is 9.69 Å². The van der Waals surface area contributed by atoms with E-state index >= 15 is 0 Å². The molecule has 0 spiro atoms. The van der Waals surface area contributed by atoms with Gasteiger partial charge in [0.25, 0.3) is 0 Å². The van der Waals surface area contributed by atoms with Gasteiger partial charge in [-0.05, 0) is 42.8 Å². The number of halogens is 1. The molecule has 6 nitrogen and oxygen atoms in total. The highest BCUT2D eigenvalue weighted by atomic mass is 35.5. The maximum atomic E-state index is 12.4. The minimum atomic E-state index is -0.853. The quantitative estimate of drug-likeness (QED) is 0.639. The first-order valence-corrected chi connectivity index (χ1v) is 10.3. The first kappa shape index (κ1) is 20.7. The van der Waals surface area contributed by atoms with E-state index in [9.17, 15) is 9.90 Å². The number of hydrogen-bond acceptors (Lipinski definition) is 4. The van der Waals surface area contributed by atoms with Crippen LogP contribution in [-0.4, -0.2) is 54.0 Å². The zero-order chi connectivity index (χ0) is 21.3. The lowest BCUT2D eigenvalue weighted by molar-refractivity contribution is -0.145. The monoisotopic (exact) mass is 428 g/mol. The molecular weight excluding hydrogens is 404 g/mol. The summed E-state index contributed by atoms with van der Waals surface area (Å²) >= 11 is 6.04. The molecule has 7 heteroatoms. The zero-order valence-corrected chi connectivity index (χ0v) is 17.9. The van der Waals surface area contributed by atoms with Crippen LogP contribution in [0, 0.1) is 6.92 Å². The summed E-state index contributed by atoms with van der Waals surface area (Å²) in [6, 6.07) is 12.8. The van der Waals surface area contributed by atoms with Crippen molar-refractivity contribution < 1.29 is 19.4 Å². The molecule has 2 aromatic carbocycles. The Morgan fingerprint density at radius 1 is 1.20 bits per heavy atom. The predicted molar refractivity (Wildman–Crippen MR) is 117 cm³/mol. The van der Waals surface area contributed by atoms with Gasteiger partial charge in [0, 0.05) is 46.8 Å². The number of carboxylic acids is 1. The van der Waals surface area contributed by atoms with Gasteiger partial charge in [0.2, 0.25) is 0 Å². The molecule has 30 heavy (non-hydrogen) atoms. The number of nitrogens with zero attached hydrogens (tertiary/aromatic N) is 2. The van der Waals surface area contributed by atoms with E-state index in [1.807, 2.05) is 54.3 Å². The fraction of sp³-hybridized carbons (Fsp3) is 0.348. The molecule has 1 saturated heterocycles. The van der Waals surface area contributed by atoms with E-state index in [-0.39, 0.29) is 0 Å². The Kier molecular flexibility index (Phi) is 5.99. The molecule has 1 aliphatic heterocycles. The van der Waals surface area contributed by atoms with Gasteiger partial charge in [0.05, 0.1) is 20.3 Å². The average molecular weight is 429 g/mol. The molecule has 1 unspecified atom stereocenters. The van der Waals surface area contributed by atoms with Crippen LogP contribution in [0.2, 0.25) is 5.02 Å². The van der Waals surface area contributed by atoms with Crippen LogP contribution in [0.3, 0.4) is 0 Å². The van der Waals surface area contributed by atoms with Gasteiger partial charge in [-0.15, -0.1) is 0 Å². The van der Waals surface area contributed by atoms with Crippen LogP contribution in [0.25, 0.3) is 10.9 Å². The van der Waals surface area contributed by atoms with Gasteiger partial charge in [-0.1, -0.05) is 23.7 Å². The van der Waals surface area contributed by atoms with Crippen LogP contribution in [0.15, 0.2) is 42.5 Å². The number of morpholine rings is 1. The Hall–Kier alpha value is -2.54. The summed E-state index contributed by atoms with van der Waals surface area (Å²) in [7, 11) is 1.62. The largest absolute Gasteiger partial charge is 0.497 e. The summed E-state index contributed by atoms with van der Waals surface area (Å²) in [5.41, 5.74) is 3.83. The first-order chi connectivity index (χ1) is 14.5. The third kappa shape index (κ3) is 3.90. The second kappa shape index (κ2) is 8.68. The van der Waals surface area contributed by atoms with E-state index in [0.29, 0.717) is 43.6 Å². The topological polar surface area (TPSA) is 63.9 Å². The van der Waals surface area contributed by atoms with E-state index in [2.05, 4.69) is 4.57 Å². The average Bonchev–Trinajstić information content (AvgIpc) is 3.01. The van der Waals surface area contributed by atoms with Crippen LogP contribution in [0.4, 0.5) is 0 Å². The lowest BCUT2D eigenvalue weighted by Crippen LogP contribution is -2.42. The van der Waals surface area contributed by atoms with Crippen LogP contribution in [0.1, 0.15) is 22.9 Å². The molecule has 1 aliphatic rings. The van der Waals surface area contributed by atoms with Crippen molar-refractivity contribution >= 4 is 28.5 Å². The Labute approximate surface area is 180 Å². The lowest BCUT2D eigenvalue weighted by atomic mass is 10.0. The Morgan fingerprint density at radius 3 is 2.53 bits per heavy atom. The van der Waals surface area contributed by atoms with Gasteiger partial charge in [0.1, 0.15) is 11.8 Å². The normalized spacial score (nSPS) is 16.0.